The molecule has 2 atom stereocenters. The zero-order valence-electron chi connectivity index (χ0n) is 11.9. The predicted octanol–water partition coefficient (Wildman–Crippen LogP) is 2.08. The van der Waals surface area contributed by atoms with E-state index in [0.29, 0.717) is 13.1 Å². The monoisotopic (exact) mass is 302 g/mol. The molecule has 1 aliphatic rings. The van der Waals surface area contributed by atoms with Gasteiger partial charge in [-0.3, -0.25) is 4.79 Å². The molecule has 6 heteroatoms. The largest absolute Gasteiger partial charge is 0.496 e. The first kappa shape index (κ1) is 16.7. The smallest absolute Gasteiger partial charge is 0.260 e. The van der Waals surface area contributed by atoms with Gasteiger partial charge >= 0.3 is 0 Å². The Hall–Kier alpha value is -1.33. The number of halogens is 2. The summed E-state index contributed by atoms with van der Waals surface area (Å²) in [5, 5.41) is 3.34. The fourth-order valence-electron chi connectivity index (χ4n) is 2.53. The van der Waals surface area contributed by atoms with Gasteiger partial charge in [0.15, 0.2) is 0 Å². The van der Waals surface area contributed by atoms with Gasteiger partial charge in [-0.25, -0.2) is 4.39 Å². The van der Waals surface area contributed by atoms with Crippen molar-refractivity contribution in [1.29, 1.82) is 0 Å². The Labute approximate surface area is 124 Å². The highest BCUT2D eigenvalue weighted by Crippen LogP contribution is 2.23. The van der Waals surface area contributed by atoms with E-state index >= 15 is 0 Å². The first-order valence-electron chi connectivity index (χ1n) is 6.40. The van der Waals surface area contributed by atoms with E-state index in [1.807, 2.05) is 13.8 Å². The van der Waals surface area contributed by atoms with Crippen LogP contribution in [0.1, 0.15) is 24.2 Å². The number of amides is 1. The van der Waals surface area contributed by atoms with Crippen LogP contribution >= 0.6 is 12.4 Å². The number of hydrogen-bond acceptors (Lipinski definition) is 3. The molecule has 0 saturated carbocycles. The Morgan fingerprint density at radius 2 is 1.95 bits per heavy atom. The molecule has 1 amide bonds. The molecule has 0 spiro atoms. The van der Waals surface area contributed by atoms with Crippen LogP contribution in [0, 0.1) is 5.82 Å². The fraction of sp³-hybridized carbons (Fsp3) is 0.500. The van der Waals surface area contributed by atoms with Gasteiger partial charge < -0.3 is 15.0 Å². The van der Waals surface area contributed by atoms with Crippen LogP contribution in [0.15, 0.2) is 18.2 Å². The molecule has 0 aliphatic carbocycles. The van der Waals surface area contributed by atoms with E-state index in [4.69, 9.17) is 4.74 Å². The van der Waals surface area contributed by atoms with Crippen molar-refractivity contribution in [2.24, 2.45) is 0 Å². The summed E-state index contributed by atoms with van der Waals surface area (Å²) in [6.45, 7) is 5.16. The minimum atomic E-state index is -0.539. The molecule has 2 rings (SSSR count). The summed E-state index contributed by atoms with van der Waals surface area (Å²) in [7, 11) is 1.44. The van der Waals surface area contributed by atoms with Crippen LogP contribution in [0.5, 0.6) is 5.75 Å². The summed E-state index contributed by atoms with van der Waals surface area (Å²) in [6.07, 6.45) is 0. The topological polar surface area (TPSA) is 41.6 Å². The molecule has 0 aromatic heterocycles. The number of nitrogens with zero attached hydrogens (tertiary/aromatic N) is 1. The predicted molar refractivity (Wildman–Crippen MR) is 78.2 cm³/mol. The lowest BCUT2D eigenvalue weighted by Crippen LogP contribution is -2.56. The number of carbonyl (C=O) groups is 1. The number of nitrogens with one attached hydrogen (secondary N) is 1. The van der Waals surface area contributed by atoms with Gasteiger partial charge in [0.25, 0.3) is 5.91 Å². The summed E-state index contributed by atoms with van der Waals surface area (Å²) in [5.74, 6) is -0.567. The molecule has 0 radical (unpaired) electrons. The van der Waals surface area contributed by atoms with Crippen LogP contribution in [0.2, 0.25) is 0 Å². The van der Waals surface area contributed by atoms with Crippen LogP contribution in [0.25, 0.3) is 0 Å². The van der Waals surface area contributed by atoms with Crippen molar-refractivity contribution < 1.29 is 13.9 Å². The molecule has 4 nitrogen and oxygen atoms in total. The highest BCUT2D eigenvalue weighted by atomic mass is 35.5. The second-order valence-corrected chi connectivity index (χ2v) is 5.00. The molecule has 0 bridgehead atoms. The van der Waals surface area contributed by atoms with Gasteiger partial charge in [-0.2, -0.15) is 0 Å². The number of carbonyl (C=O) groups excluding carboxylic acids is 1. The van der Waals surface area contributed by atoms with E-state index < -0.39 is 5.82 Å². The zero-order valence-corrected chi connectivity index (χ0v) is 12.7. The van der Waals surface area contributed by atoms with Crippen LogP contribution in [0.4, 0.5) is 4.39 Å². The molecule has 1 aromatic rings. The van der Waals surface area contributed by atoms with E-state index in [1.165, 1.54) is 19.2 Å². The van der Waals surface area contributed by atoms with Crippen molar-refractivity contribution in [2.75, 3.05) is 20.2 Å². The molecule has 1 saturated heterocycles. The highest BCUT2D eigenvalue weighted by molar-refractivity contribution is 5.97. The molecule has 1 aromatic carbocycles. The van der Waals surface area contributed by atoms with Crippen LogP contribution in [-0.2, 0) is 0 Å². The van der Waals surface area contributed by atoms with Crippen molar-refractivity contribution >= 4 is 18.3 Å². The molecule has 112 valence electrons. The summed E-state index contributed by atoms with van der Waals surface area (Å²) in [6, 6.07) is 4.82. The Balaban J connectivity index is 0.00000200. The van der Waals surface area contributed by atoms with Gasteiger partial charge in [0, 0.05) is 25.2 Å². The third-order valence-corrected chi connectivity index (χ3v) is 3.25. The second-order valence-electron chi connectivity index (χ2n) is 5.00. The standard InChI is InChI=1S/C14H19FN2O2.ClH/c1-9-7-17(8-10(2)16-9)14(18)13-11(15)5-4-6-12(13)19-3;/h4-6,9-10,16H,7-8H2,1-3H3;1H. The van der Waals surface area contributed by atoms with E-state index in [-0.39, 0.29) is 41.7 Å². The van der Waals surface area contributed by atoms with Crippen molar-refractivity contribution in [2.45, 2.75) is 25.9 Å². The first-order valence-corrected chi connectivity index (χ1v) is 6.40. The minimum Gasteiger partial charge on any atom is -0.496 e. The minimum absolute atomic E-state index is 0. The van der Waals surface area contributed by atoms with Crippen LogP contribution in [-0.4, -0.2) is 43.1 Å². The van der Waals surface area contributed by atoms with E-state index in [1.54, 1.807) is 11.0 Å². The maximum atomic E-state index is 13.9. The third-order valence-electron chi connectivity index (χ3n) is 3.25. The lowest BCUT2D eigenvalue weighted by atomic mass is 10.1. The molecule has 1 N–H and O–H groups in total. The van der Waals surface area contributed by atoms with Crippen molar-refractivity contribution in [3.8, 4) is 5.75 Å². The third kappa shape index (κ3) is 3.41. The maximum Gasteiger partial charge on any atom is 0.260 e. The summed E-state index contributed by atoms with van der Waals surface area (Å²) in [4.78, 5) is 14.1. The average molecular weight is 303 g/mol. The number of ether oxygens (including phenoxy) is 1. The summed E-state index contributed by atoms with van der Waals surface area (Å²) in [5.41, 5.74) is 0.0197. The van der Waals surface area contributed by atoms with Gasteiger partial charge in [0.2, 0.25) is 0 Å². The van der Waals surface area contributed by atoms with Gasteiger partial charge in [-0.1, -0.05) is 6.07 Å². The first-order chi connectivity index (χ1) is 9.02. The Morgan fingerprint density at radius 3 is 2.50 bits per heavy atom. The number of methoxy groups -OCH3 is 1. The van der Waals surface area contributed by atoms with Gasteiger partial charge in [0.05, 0.1) is 7.11 Å². The molecular weight excluding hydrogens is 283 g/mol. The molecule has 1 fully saturated rings. The maximum absolute atomic E-state index is 13.9. The van der Waals surface area contributed by atoms with Crippen molar-refractivity contribution in [3.63, 3.8) is 0 Å². The molecule has 20 heavy (non-hydrogen) atoms. The van der Waals surface area contributed by atoms with Crippen molar-refractivity contribution in [1.82, 2.24) is 10.2 Å². The molecule has 1 aliphatic heterocycles. The highest BCUT2D eigenvalue weighted by Gasteiger charge is 2.29. The van der Waals surface area contributed by atoms with Gasteiger partial charge in [0.1, 0.15) is 17.1 Å². The SMILES string of the molecule is COc1cccc(F)c1C(=O)N1CC(C)NC(C)C1.Cl. The number of hydrogen-bond donors (Lipinski definition) is 1. The summed E-state index contributed by atoms with van der Waals surface area (Å²) < 4.78 is 19.0. The zero-order chi connectivity index (χ0) is 14.0. The lowest BCUT2D eigenvalue weighted by Gasteiger charge is -2.36. The Kier molecular flexibility index (Phi) is 5.77. The second kappa shape index (κ2) is 6.90. The van der Waals surface area contributed by atoms with Crippen molar-refractivity contribution in [3.05, 3.63) is 29.6 Å². The summed E-state index contributed by atoms with van der Waals surface area (Å²) >= 11 is 0. The molecular formula is C14H20ClFN2O2. The van der Waals surface area contributed by atoms with E-state index in [0.717, 1.165) is 0 Å². The van der Waals surface area contributed by atoms with Gasteiger partial charge in [-0.05, 0) is 26.0 Å². The number of benzene rings is 1. The Morgan fingerprint density at radius 1 is 1.35 bits per heavy atom. The average Bonchev–Trinajstić information content (AvgIpc) is 2.36. The van der Waals surface area contributed by atoms with Crippen LogP contribution in [0.3, 0.4) is 0 Å². The normalized spacial score (nSPS) is 22.1. The van der Waals surface area contributed by atoms with Gasteiger partial charge in [-0.15, -0.1) is 12.4 Å². The van der Waals surface area contributed by atoms with Crippen LogP contribution < -0.4 is 10.1 Å². The molecule has 2 unspecified atom stereocenters. The fourth-order valence-corrected chi connectivity index (χ4v) is 2.53. The lowest BCUT2D eigenvalue weighted by molar-refractivity contribution is 0.0665. The number of piperazine rings is 1. The Bertz CT molecular complexity index is 474. The van der Waals surface area contributed by atoms with E-state index in [9.17, 15) is 9.18 Å². The quantitative estimate of drug-likeness (QED) is 0.909. The van der Waals surface area contributed by atoms with E-state index in [2.05, 4.69) is 5.32 Å². The molecule has 1 heterocycles. The number of rotatable bonds is 2.